The molecule has 0 radical (unpaired) electrons. The van der Waals surface area contributed by atoms with Crippen LogP contribution < -0.4 is 10.2 Å². The van der Waals surface area contributed by atoms with Gasteiger partial charge in [-0.2, -0.15) is 4.98 Å². The number of rotatable bonds is 6. The van der Waals surface area contributed by atoms with Crippen LogP contribution in [0.5, 0.6) is 0 Å². The van der Waals surface area contributed by atoms with Gasteiger partial charge < -0.3 is 19.8 Å². The van der Waals surface area contributed by atoms with Crippen molar-refractivity contribution in [3.05, 3.63) is 35.6 Å². The van der Waals surface area contributed by atoms with Crippen molar-refractivity contribution in [1.82, 2.24) is 20.4 Å². The second-order valence-corrected chi connectivity index (χ2v) is 6.57. The number of aliphatic hydroxyl groups is 1. The summed E-state index contributed by atoms with van der Waals surface area (Å²) < 4.78 is 5.11. The molecule has 0 spiro atoms. The van der Waals surface area contributed by atoms with Gasteiger partial charge >= 0.3 is 0 Å². The lowest BCUT2D eigenvalue weighted by atomic mass is 10.1. The number of hydrogen-bond donors (Lipinski definition) is 2. The van der Waals surface area contributed by atoms with Crippen LogP contribution in [0, 0.1) is 5.92 Å². The van der Waals surface area contributed by atoms with Crippen molar-refractivity contribution in [2.24, 2.45) is 5.92 Å². The first-order valence-electron chi connectivity index (χ1n) is 8.49. The molecule has 8 heteroatoms. The van der Waals surface area contributed by atoms with Crippen LogP contribution in [0.3, 0.4) is 0 Å². The third kappa shape index (κ3) is 4.14. The van der Waals surface area contributed by atoms with E-state index in [2.05, 4.69) is 25.3 Å². The van der Waals surface area contributed by atoms with Gasteiger partial charge in [-0.15, -0.1) is 0 Å². The van der Waals surface area contributed by atoms with Crippen LogP contribution in [0.1, 0.15) is 48.3 Å². The number of nitrogens with zero attached hydrogens (tertiary/aromatic N) is 4. The fourth-order valence-corrected chi connectivity index (χ4v) is 2.73. The molecule has 1 atom stereocenters. The van der Waals surface area contributed by atoms with Gasteiger partial charge in [-0.05, 0) is 18.6 Å². The number of carbonyl (C=O) groups is 1. The average molecular weight is 345 g/mol. The number of pyridine rings is 1. The molecule has 134 valence electrons. The molecule has 0 saturated carbocycles. The van der Waals surface area contributed by atoms with E-state index < -0.39 is 0 Å². The van der Waals surface area contributed by atoms with Gasteiger partial charge in [-0.3, -0.25) is 4.79 Å². The highest BCUT2D eigenvalue weighted by molar-refractivity contribution is 5.93. The number of anilines is 1. The molecule has 1 fully saturated rings. The van der Waals surface area contributed by atoms with E-state index in [9.17, 15) is 9.90 Å². The molecule has 2 N–H and O–H groups in total. The molecular formula is C17H23N5O3. The third-order valence-corrected chi connectivity index (χ3v) is 4.26. The van der Waals surface area contributed by atoms with Crippen molar-refractivity contribution in [2.75, 3.05) is 24.6 Å². The molecule has 0 aromatic carbocycles. The molecule has 3 rings (SSSR count). The maximum absolute atomic E-state index is 12.2. The maximum atomic E-state index is 12.2. The molecule has 0 unspecified atom stereocenters. The smallest absolute Gasteiger partial charge is 0.253 e. The Balaban J connectivity index is 1.55. The van der Waals surface area contributed by atoms with E-state index in [1.54, 1.807) is 12.3 Å². The SMILES string of the molecule is CC(C)c1nc(CNC(=O)c2ccc(N3CC[C@H](CO)C3)nc2)no1. The first kappa shape index (κ1) is 17.3. The summed E-state index contributed by atoms with van der Waals surface area (Å²) in [6.45, 7) is 6.01. The summed E-state index contributed by atoms with van der Waals surface area (Å²) >= 11 is 0. The van der Waals surface area contributed by atoms with Crippen LogP contribution in [0.4, 0.5) is 5.82 Å². The van der Waals surface area contributed by atoms with E-state index >= 15 is 0 Å². The van der Waals surface area contributed by atoms with Crippen molar-refractivity contribution in [2.45, 2.75) is 32.7 Å². The molecule has 3 heterocycles. The lowest BCUT2D eigenvalue weighted by molar-refractivity contribution is 0.0949. The molecule has 8 nitrogen and oxygen atoms in total. The Kier molecular flexibility index (Phi) is 5.28. The summed E-state index contributed by atoms with van der Waals surface area (Å²) in [4.78, 5) is 22.9. The topological polar surface area (TPSA) is 104 Å². The zero-order chi connectivity index (χ0) is 17.8. The summed E-state index contributed by atoms with van der Waals surface area (Å²) in [6, 6.07) is 3.58. The van der Waals surface area contributed by atoms with E-state index in [1.165, 1.54) is 0 Å². The Bertz CT molecular complexity index is 713. The number of aromatic nitrogens is 3. The lowest BCUT2D eigenvalue weighted by Gasteiger charge is -2.17. The minimum atomic E-state index is -0.232. The summed E-state index contributed by atoms with van der Waals surface area (Å²) in [6.07, 6.45) is 2.52. The Morgan fingerprint density at radius 2 is 2.32 bits per heavy atom. The Morgan fingerprint density at radius 3 is 2.92 bits per heavy atom. The monoisotopic (exact) mass is 345 g/mol. The number of amides is 1. The lowest BCUT2D eigenvalue weighted by Crippen LogP contribution is -2.24. The van der Waals surface area contributed by atoms with E-state index in [1.807, 2.05) is 19.9 Å². The van der Waals surface area contributed by atoms with Crippen molar-refractivity contribution in [1.29, 1.82) is 0 Å². The van der Waals surface area contributed by atoms with Crippen LogP contribution in [-0.4, -0.2) is 45.8 Å². The predicted octanol–water partition coefficient (Wildman–Crippen LogP) is 1.34. The van der Waals surface area contributed by atoms with Gasteiger partial charge in [0.05, 0.1) is 12.1 Å². The number of aliphatic hydroxyl groups excluding tert-OH is 1. The zero-order valence-electron chi connectivity index (χ0n) is 14.5. The standard InChI is InChI=1S/C17H23N5O3/c1-11(2)17-20-14(21-25-17)8-19-16(24)13-3-4-15(18-7-13)22-6-5-12(9-22)10-23/h3-4,7,11-12,23H,5-6,8-10H2,1-2H3,(H,19,24)/t12-/m0/s1. The van der Waals surface area contributed by atoms with Crippen LogP contribution in [0.25, 0.3) is 0 Å². The highest BCUT2D eigenvalue weighted by Gasteiger charge is 2.22. The minimum absolute atomic E-state index is 0.157. The molecule has 2 aromatic rings. The second-order valence-electron chi connectivity index (χ2n) is 6.57. The average Bonchev–Trinajstić information content (AvgIpc) is 3.29. The van der Waals surface area contributed by atoms with Crippen LogP contribution >= 0.6 is 0 Å². The van der Waals surface area contributed by atoms with Crippen molar-refractivity contribution in [3.8, 4) is 0 Å². The summed E-state index contributed by atoms with van der Waals surface area (Å²) in [5.74, 6) is 2.06. The maximum Gasteiger partial charge on any atom is 0.253 e. The number of hydrogen-bond acceptors (Lipinski definition) is 7. The number of carbonyl (C=O) groups excluding carboxylic acids is 1. The van der Waals surface area contributed by atoms with Crippen LogP contribution in [0.2, 0.25) is 0 Å². The highest BCUT2D eigenvalue weighted by Crippen LogP contribution is 2.21. The molecule has 1 saturated heterocycles. The first-order chi connectivity index (χ1) is 12.1. The summed E-state index contributed by atoms with van der Waals surface area (Å²) in [5.41, 5.74) is 0.481. The zero-order valence-corrected chi connectivity index (χ0v) is 14.5. The van der Waals surface area contributed by atoms with Gasteiger partial charge in [0, 0.05) is 37.7 Å². The van der Waals surface area contributed by atoms with Gasteiger partial charge in [0.2, 0.25) is 5.89 Å². The van der Waals surface area contributed by atoms with Gasteiger partial charge in [-0.1, -0.05) is 19.0 Å². The molecule has 1 aliphatic heterocycles. The van der Waals surface area contributed by atoms with Gasteiger partial charge in [0.25, 0.3) is 5.91 Å². The predicted molar refractivity (Wildman–Crippen MR) is 91.2 cm³/mol. The quantitative estimate of drug-likeness (QED) is 0.814. The second kappa shape index (κ2) is 7.60. The van der Waals surface area contributed by atoms with E-state index in [4.69, 9.17) is 4.52 Å². The van der Waals surface area contributed by atoms with Gasteiger partial charge in [0.1, 0.15) is 5.82 Å². The fraction of sp³-hybridized carbons (Fsp3) is 0.529. The molecule has 0 bridgehead atoms. The van der Waals surface area contributed by atoms with Crippen molar-refractivity contribution < 1.29 is 14.4 Å². The minimum Gasteiger partial charge on any atom is -0.396 e. The largest absolute Gasteiger partial charge is 0.396 e. The van der Waals surface area contributed by atoms with Crippen molar-refractivity contribution in [3.63, 3.8) is 0 Å². The normalized spacial score (nSPS) is 17.3. The molecular weight excluding hydrogens is 322 g/mol. The van der Waals surface area contributed by atoms with Crippen molar-refractivity contribution >= 4 is 11.7 Å². The molecule has 1 aliphatic rings. The molecule has 25 heavy (non-hydrogen) atoms. The van der Waals surface area contributed by atoms with Gasteiger partial charge in [0.15, 0.2) is 5.82 Å². The van der Waals surface area contributed by atoms with E-state index in [0.717, 1.165) is 25.3 Å². The van der Waals surface area contributed by atoms with E-state index in [0.29, 0.717) is 23.2 Å². The third-order valence-electron chi connectivity index (χ3n) is 4.26. The van der Waals surface area contributed by atoms with Crippen LogP contribution in [0.15, 0.2) is 22.9 Å². The molecule has 2 aromatic heterocycles. The Labute approximate surface area is 146 Å². The number of nitrogens with one attached hydrogen (secondary N) is 1. The highest BCUT2D eigenvalue weighted by atomic mass is 16.5. The van der Waals surface area contributed by atoms with Gasteiger partial charge in [-0.25, -0.2) is 4.98 Å². The first-order valence-corrected chi connectivity index (χ1v) is 8.49. The Hall–Kier alpha value is -2.48. The summed E-state index contributed by atoms with van der Waals surface area (Å²) in [7, 11) is 0. The fourth-order valence-electron chi connectivity index (χ4n) is 2.73. The molecule has 1 amide bonds. The molecule has 0 aliphatic carbocycles. The Morgan fingerprint density at radius 1 is 1.48 bits per heavy atom. The van der Waals surface area contributed by atoms with Crippen LogP contribution in [-0.2, 0) is 6.54 Å². The van der Waals surface area contributed by atoms with E-state index in [-0.39, 0.29) is 25.0 Å². The summed E-state index contributed by atoms with van der Waals surface area (Å²) in [5, 5.41) is 15.8.